The lowest BCUT2D eigenvalue weighted by Crippen LogP contribution is -2.49. The first-order valence-corrected chi connectivity index (χ1v) is 10.1. The minimum absolute atomic E-state index is 0. The average Bonchev–Trinajstić information content (AvgIpc) is 2.77. The van der Waals surface area contributed by atoms with Gasteiger partial charge in [0.1, 0.15) is 12.7 Å². The van der Waals surface area contributed by atoms with Gasteiger partial charge in [-0.1, -0.05) is 6.07 Å². The predicted octanol–water partition coefficient (Wildman–Crippen LogP) is 2.34. The zero-order valence-corrected chi connectivity index (χ0v) is 19.4. The first-order chi connectivity index (χ1) is 14.9. The number of aromatic nitrogens is 3. The molecule has 1 aliphatic rings. The zero-order valence-electron chi connectivity index (χ0n) is 18.4. The van der Waals surface area contributed by atoms with Crippen LogP contribution in [0.5, 0.6) is 5.88 Å². The van der Waals surface area contributed by atoms with Gasteiger partial charge in [-0.25, -0.2) is 14.8 Å². The summed E-state index contributed by atoms with van der Waals surface area (Å²) in [6.45, 7) is 3.58. The van der Waals surface area contributed by atoms with E-state index in [1.807, 2.05) is 26.2 Å². The number of amides is 2. The van der Waals surface area contributed by atoms with Gasteiger partial charge in [0.05, 0.1) is 24.4 Å². The molecule has 1 aromatic carbocycles. The number of morpholine rings is 1. The van der Waals surface area contributed by atoms with Crippen molar-refractivity contribution in [3.05, 3.63) is 42.2 Å². The van der Waals surface area contributed by atoms with Crippen molar-refractivity contribution in [2.75, 3.05) is 45.3 Å². The van der Waals surface area contributed by atoms with Crippen LogP contribution in [0, 0.1) is 6.92 Å². The number of anilines is 1. The average molecular weight is 457 g/mol. The summed E-state index contributed by atoms with van der Waals surface area (Å²) in [7, 11) is 4.04. The fourth-order valence-electron chi connectivity index (χ4n) is 3.70. The topological polar surface area (TPSA) is 107 Å². The maximum absolute atomic E-state index is 11.5. The van der Waals surface area contributed by atoms with E-state index in [1.165, 1.54) is 0 Å². The molecule has 1 fully saturated rings. The minimum atomic E-state index is -0.457. The molecule has 0 bridgehead atoms. The van der Waals surface area contributed by atoms with Crippen LogP contribution in [-0.4, -0.2) is 72.4 Å². The van der Waals surface area contributed by atoms with Crippen molar-refractivity contribution in [3.63, 3.8) is 0 Å². The molecule has 0 radical (unpaired) electrons. The summed E-state index contributed by atoms with van der Waals surface area (Å²) in [5.41, 5.74) is 10.7. The van der Waals surface area contributed by atoms with E-state index in [2.05, 4.69) is 33.9 Å². The van der Waals surface area contributed by atoms with Gasteiger partial charge >= 0.3 is 6.03 Å². The van der Waals surface area contributed by atoms with E-state index in [1.54, 1.807) is 17.3 Å². The van der Waals surface area contributed by atoms with E-state index in [0.29, 0.717) is 36.6 Å². The number of carbonyl (C=O) groups is 1. The molecule has 1 saturated heterocycles. The molecule has 0 unspecified atom stereocenters. The Bertz CT molecular complexity index is 1110. The second-order valence-electron chi connectivity index (χ2n) is 7.72. The molecule has 32 heavy (non-hydrogen) atoms. The van der Waals surface area contributed by atoms with Crippen molar-refractivity contribution < 1.29 is 14.3 Å². The summed E-state index contributed by atoms with van der Waals surface area (Å²) in [6, 6.07) is 7.65. The Morgan fingerprint density at radius 3 is 2.78 bits per heavy atom. The fraction of sp³-hybridized carbons (Fsp3) is 0.364. The Hall–Kier alpha value is -3.11. The van der Waals surface area contributed by atoms with E-state index >= 15 is 0 Å². The number of ether oxygens (including phenoxy) is 2. The number of nitrogens with zero attached hydrogens (tertiary/aromatic N) is 5. The molecule has 4 rings (SSSR count). The standard InChI is InChI=1S/C22H26N6O3.H2S/c1-14-10-15(4-5-19(14)27(2)3)17-11-18-20(25-7-6-24-18)21(26-17)31-13-16-12-28(22(23)29)8-9-30-16;/h4-7,10-11,16H,8-9,12-13H2,1-3H3,(H2,23,29);1H2/t16-;/m0./s1. The van der Waals surface area contributed by atoms with Crippen LogP contribution in [0.1, 0.15) is 5.56 Å². The van der Waals surface area contributed by atoms with Crippen LogP contribution in [-0.2, 0) is 4.74 Å². The molecule has 2 N–H and O–H groups in total. The summed E-state index contributed by atoms with van der Waals surface area (Å²) in [6.07, 6.45) is 2.96. The second kappa shape index (κ2) is 10.0. The Labute approximate surface area is 194 Å². The van der Waals surface area contributed by atoms with E-state index in [9.17, 15) is 4.79 Å². The smallest absolute Gasteiger partial charge is 0.314 e. The van der Waals surface area contributed by atoms with Crippen LogP contribution in [0.3, 0.4) is 0 Å². The molecular weight excluding hydrogens is 428 g/mol. The van der Waals surface area contributed by atoms with Crippen LogP contribution in [0.2, 0.25) is 0 Å². The van der Waals surface area contributed by atoms with Crippen molar-refractivity contribution in [2.45, 2.75) is 13.0 Å². The number of hydrogen-bond acceptors (Lipinski definition) is 7. The Balaban J connectivity index is 0.00000289. The first-order valence-electron chi connectivity index (χ1n) is 10.1. The summed E-state index contributed by atoms with van der Waals surface area (Å²) < 4.78 is 11.7. The van der Waals surface area contributed by atoms with E-state index in [4.69, 9.17) is 20.2 Å². The predicted molar refractivity (Wildman–Crippen MR) is 129 cm³/mol. The number of rotatable bonds is 5. The third-order valence-corrected chi connectivity index (χ3v) is 5.26. The zero-order chi connectivity index (χ0) is 22.0. The lowest BCUT2D eigenvalue weighted by molar-refractivity contribution is -0.0346. The molecule has 2 amide bonds. The van der Waals surface area contributed by atoms with Crippen molar-refractivity contribution in [2.24, 2.45) is 5.73 Å². The van der Waals surface area contributed by atoms with Gasteiger partial charge in [0, 0.05) is 44.3 Å². The second-order valence-corrected chi connectivity index (χ2v) is 7.72. The molecule has 0 spiro atoms. The van der Waals surface area contributed by atoms with E-state index < -0.39 is 6.03 Å². The van der Waals surface area contributed by atoms with Gasteiger partial charge in [0.15, 0.2) is 5.52 Å². The third kappa shape index (κ3) is 5.03. The molecule has 3 aromatic rings. The van der Waals surface area contributed by atoms with Gasteiger partial charge < -0.3 is 25.0 Å². The van der Waals surface area contributed by atoms with Crippen LogP contribution in [0.25, 0.3) is 22.3 Å². The molecule has 170 valence electrons. The van der Waals surface area contributed by atoms with Gasteiger partial charge in [-0.15, -0.1) is 0 Å². The Morgan fingerprint density at radius 1 is 1.28 bits per heavy atom. The molecular formula is C22H28N6O3S. The van der Waals surface area contributed by atoms with Crippen molar-refractivity contribution in [1.29, 1.82) is 0 Å². The van der Waals surface area contributed by atoms with Gasteiger partial charge in [-0.05, 0) is 30.7 Å². The van der Waals surface area contributed by atoms with Crippen LogP contribution < -0.4 is 15.4 Å². The number of carbonyl (C=O) groups excluding carboxylic acids is 1. The summed E-state index contributed by atoms with van der Waals surface area (Å²) >= 11 is 0. The molecule has 1 atom stereocenters. The molecule has 3 heterocycles. The van der Waals surface area contributed by atoms with E-state index in [0.717, 1.165) is 22.5 Å². The number of aryl methyl sites for hydroxylation is 1. The van der Waals surface area contributed by atoms with Crippen molar-refractivity contribution in [3.8, 4) is 17.1 Å². The fourth-order valence-corrected chi connectivity index (χ4v) is 3.70. The van der Waals surface area contributed by atoms with Gasteiger partial charge in [-0.3, -0.25) is 4.98 Å². The minimum Gasteiger partial charge on any atom is -0.473 e. The van der Waals surface area contributed by atoms with Gasteiger partial charge in [0.25, 0.3) is 0 Å². The third-order valence-electron chi connectivity index (χ3n) is 5.26. The highest BCUT2D eigenvalue weighted by Gasteiger charge is 2.24. The molecule has 1 aliphatic heterocycles. The number of hydrogen-bond donors (Lipinski definition) is 1. The van der Waals surface area contributed by atoms with Crippen LogP contribution >= 0.6 is 13.5 Å². The number of nitrogens with two attached hydrogens (primary N) is 1. The van der Waals surface area contributed by atoms with Crippen molar-refractivity contribution in [1.82, 2.24) is 19.9 Å². The number of primary amides is 1. The molecule has 10 heteroatoms. The van der Waals surface area contributed by atoms with Gasteiger partial charge in [0.2, 0.25) is 5.88 Å². The van der Waals surface area contributed by atoms with E-state index in [-0.39, 0.29) is 26.2 Å². The maximum Gasteiger partial charge on any atom is 0.314 e. The largest absolute Gasteiger partial charge is 0.473 e. The van der Waals surface area contributed by atoms with Crippen LogP contribution in [0.4, 0.5) is 10.5 Å². The highest BCUT2D eigenvalue weighted by atomic mass is 32.1. The molecule has 0 aliphatic carbocycles. The summed E-state index contributed by atoms with van der Waals surface area (Å²) in [4.78, 5) is 28.6. The molecule has 2 aromatic heterocycles. The van der Waals surface area contributed by atoms with Crippen molar-refractivity contribution >= 4 is 36.2 Å². The lowest BCUT2D eigenvalue weighted by Gasteiger charge is -2.31. The summed E-state index contributed by atoms with van der Waals surface area (Å²) in [5.74, 6) is 0.384. The van der Waals surface area contributed by atoms with Gasteiger partial charge in [-0.2, -0.15) is 13.5 Å². The number of urea groups is 1. The monoisotopic (exact) mass is 456 g/mol. The highest BCUT2D eigenvalue weighted by molar-refractivity contribution is 7.59. The quantitative estimate of drug-likeness (QED) is 0.628. The SMILES string of the molecule is Cc1cc(-c2cc3nccnc3c(OC[C@@H]3CN(C(N)=O)CCO3)n2)ccc1N(C)C.S. The maximum atomic E-state index is 11.5. The Kier molecular flexibility index (Phi) is 7.37. The highest BCUT2D eigenvalue weighted by Crippen LogP contribution is 2.30. The van der Waals surface area contributed by atoms with Crippen LogP contribution in [0.15, 0.2) is 36.7 Å². The Morgan fingerprint density at radius 2 is 2.06 bits per heavy atom. The first kappa shape index (κ1) is 23.6. The molecule has 9 nitrogen and oxygen atoms in total. The number of benzene rings is 1. The normalized spacial score (nSPS) is 15.8. The molecule has 0 saturated carbocycles. The summed E-state index contributed by atoms with van der Waals surface area (Å²) in [5, 5.41) is 0. The number of fused-ring (bicyclic) bond motifs is 1. The lowest BCUT2D eigenvalue weighted by atomic mass is 10.1. The number of pyridine rings is 1.